The second kappa shape index (κ2) is 7.07. The molecule has 1 aromatic carbocycles. The molecular formula is C17H24N2O2. The van der Waals surface area contributed by atoms with E-state index in [1.807, 2.05) is 44.7 Å². The first-order valence-corrected chi connectivity index (χ1v) is 7.40. The second-order valence-corrected chi connectivity index (χ2v) is 4.76. The van der Waals surface area contributed by atoms with E-state index < -0.39 is 10.9 Å². The third-order valence-corrected chi connectivity index (χ3v) is 3.62. The average Bonchev–Trinajstić information content (AvgIpc) is 2.87. The lowest BCUT2D eigenvalue weighted by Crippen LogP contribution is -2.41. The van der Waals surface area contributed by atoms with Gasteiger partial charge >= 0.3 is 0 Å². The van der Waals surface area contributed by atoms with Gasteiger partial charge in [-0.05, 0) is 37.0 Å². The quantitative estimate of drug-likeness (QED) is 0.683. The second-order valence-electron chi connectivity index (χ2n) is 4.76. The molecule has 0 fully saturated rings. The van der Waals surface area contributed by atoms with Crippen molar-refractivity contribution in [2.75, 3.05) is 17.2 Å². The van der Waals surface area contributed by atoms with Gasteiger partial charge in [0.2, 0.25) is 0 Å². The van der Waals surface area contributed by atoms with Crippen molar-refractivity contribution in [1.82, 2.24) is 0 Å². The Kier molecular flexibility index (Phi) is 5.70. The standard InChI is InChI=1S/C15H18N2O2.C2H6/c1-4-10(5-2)8-11-9(3)6-7-17(11)13-12(16)14(18)15(13)19;1-2/h4,8H,1,5-7,16H2,2-3H3;1-2H3/b10-8+;. The van der Waals surface area contributed by atoms with E-state index in [2.05, 4.69) is 6.58 Å². The third-order valence-electron chi connectivity index (χ3n) is 3.62. The summed E-state index contributed by atoms with van der Waals surface area (Å²) in [6, 6.07) is 0. The van der Waals surface area contributed by atoms with Crippen LogP contribution in [0.5, 0.6) is 0 Å². The van der Waals surface area contributed by atoms with E-state index >= 15 is 0 Å². The maximum Gasteiger partial charge on any atom is 0.253 e. The maximum atomic E-state index is 11.6. The van der Waals surface area contributed by atoms with Gasteiger partial charge in [0.15, 0.2) is 0 Å². The fraction of sp³-hybridized carbons (Fsp3) is 0.412. The summed E-state index contributed by atoms with van der Waals surface area (Å²) in [6.45, 7) is 12.6. The molecule has 0 amide bonds. The summed E-state index contributed by atoms with van der Waals surface area (Å²) >= 11 is 0. The summed E-state index contributed by atoms with van der Waals surface area (Å²) in [4.78, 5) is 24.7. The van der Waals surface area contributed by atoms with Crippen LogP contribution in [-0.2, 0) is 0 Å². The number of hydrogen-bond acceptors (Lipinski definition) is 4. The third kappa shape index (κ3) is 2.99. The predicted octanol–water partition coefficient (Wildman–Crippen LogP) is 2.90. The number of anilines is 2. The molecule has 2 rings (SSSR count). The minimum absolute atomic E-state index is 0.0854. The van der Waals surface area contributed by atoms with E-state index in [4.69, 9.17) is 5.73 Å². The van der Waals surface area contributed by atoms with Crippen LogP contribution in [-0.4, -0.2) is 6.54 Å². The van der Waals surface area contributed by atoms with Crippen LogP contribution in [0.4, 0.5) is 11.4 Å². The highest BCUT2D eigenvalue weighted by atomic mass is 16.2. The zero-order chi connectivity index (χ0) is 16.2. The van der Waals surface area contributed by atoms with Crippen LogP contribution in [0, 0.1) is 0 Å². The van der Waals surface area contributed by atoms with Gasteiger partial charge in [-0.15, -0.1) is 0 Å². The van der Waals surface area contributed by atoms with Gasteiger partial charge in [-0.3, -0.25) is 9.59 Å². The molecule has 0 spiro atoms. The monoisotopic (exact) mass is 288 g/mol. The summed E-state index contributed by atoms with van der Waals surface area (Å²) < 4.78 is 0. The molecule has 2 N–H and O–H groups in total. The first-order chi connectivity index (χ1) is 10.0. The van der Waals surface area contributed by atoms with Crippen molar-refractivity contribution in [1.29, 1.82) is 0 Å². The molecule has 4 heteroatoms. The number of rotatable bonds is 4. The largest absolute Gasteiger partial charge is 0.394 e. The molecule has 114 valence electrons. The zero-order valence-corrected chi connectivity index (χ0v) is 13.3. The van der Waals surface area contributed by atoms with Gasteiger partial charge in [0.05, 0.1) is 0 Å². The molecule has 0 saturated carbocycles. The summed E-state index contributed by atoms with van der Waals surface area (Å²) in [5, 5.41) is 0. The molecule has 0 atom stereocenters. The molecule has 0 radical (unpaired) electrons. The topological polar surface area (TPSA) is 63.4 Å². The fourth-order valence-corrected chi connectivity index (χ4v) is 2.34. The predicted molar refractivity (Wildman–Crippen MR) is 90.3 cm³/mol. The van der Waals surface area contributed by atoms with Crippen LogP contribution in [0.15, 0.2) is 45.2 Å². The van der Waals surface area contributed by atoms with Gasteiger partial charge < -0.3 is 10.6 Å². The van der Waals surface area contributed by atoms with Crippen LogP contribution in [0.25, 0.3) is 0 Å². The van der Waals surface area contributed by atoms with E-state index in [1.165, 1.54) is 5.57 Å². The molecule has 4 nitrogen and oxygen atoms in total. The van der Waals surface area contributed by atoms with Crippen LogP contribution in [0.1, 0.15) is 40.5 Å². The van der Waals surface area contributed by atoms with Crippen LogP contribution in [0.2, 0.25) is 0 Å². The Morgan fingerprint density at radius 1 is 1.33 bits per heavy atom. The van der Waals surface area contributed by atoms with E-state index in [9.17, 15) is 9.59 Å². The van der Waals surface area contributed by atoms with Gasteiger partial charge in [-0.25, -0.2) is 0 Å². The van der Waals surface area contributed by atoms with Crippen molar-refractivity contribution in [2.24, 2.45) is 0 Å². The van der Waals surface area contributed by atoms with Crippen LogP contribution >= 0.6 is 0 Å². The minimum Gasteiger partial charge on any atom is -0.394 e. The molecule has 0 aliphatic carbocycles. The Balaban J connectivity index is 0.00000106. The lowest BCUT2D eigenvalue weighted by atomic mass is 10.1. The maximum absolute atomic E-state index is 11.6. The molecule has 1 aromatic rings. The summed E-state index contributed by atoms with van der Waals surface area (Å²) in [7, 11) is 0. The van der Waals surface area contributed by atoms with Crippen molar-refractivity contribution in [3.8, 4) is 0 Å². The molecule has 0 unspecified atom stereocenters. The molecular weight excluding hydrogens is 264 g/mol. The number of hydrogen-bond donors (Lipinski definition) is 1. The molecule has 21 heavy (non-hydrogen) atoms. The average molecular weight is 288 g/mol. The highest BCUT2D eigenvalue weighted by Crippen LogP contribution is 2.31. The van der Waals surface area contributed by atoms with Crippen molar-refractivity contribution in [3.63, 3.8) is 0 Å². The van der Waals surface area contributed by atoms with Gasteiger partial charge in [0.1, 0.15) is 11.4 Å². The first kappa shape index (κ1) is 17.0. The lowest BCUT2D eigenvalue weighted by Gasteiger charge is -2.23. The number of nitrogen functional groups attached to an aromatic ring is 1. The molecule has 0 bridgehead atoms. The van der Waals surface area contributed by atoms with Crippen molar-refractivity contribution < 1.29 is 0 Å². The van der Waals surface area contributed by atoms with Crippen molar-refractivity contribution >= 4 is 11.4 Å². The fourth-order valence-electron chi connectivity index (χ4n) is 2.34. The highest BCUT2D eigenvalue weighted by molar-refractivity contribution is 5.76. The van der Waals surface area contributed by atoms with Gasteiger partial charge in [-0.1, -0.05) is 33.4 Å². The van der Waals surface area contributed by atoms with Gasteiger partial charge in [-0.2, -0.15) is 0 Å². The van der Waals surface area contributed by atoms with Crippen molar-refractivity contribution in [2.45, 2.75) is 40.5 Å². The molecule has 0 saturated heterocycles. The SMILES string of the molecule is C=C/C(=C\C1=C(C)CCN1c1c(N)c(=O)c1=O)CC.CC. The smallest absolute Gasteiger partial charge is 0.253 e. The molecule has 1 aliphatic heterocycles. The van der Waals surface area contributed by atoms with E-state index in [-0.39, 0.29) is 5.69 Å². The Bertz CT molecular complexity index is 659. The van der Waals surface area contributed by atoms with Gasteiger partial charge in [0, 0.05) is 12.2 Å². The summed E-state index contributed by atoms with van der Waals surface area (Å²) in [5.41, 5.74) is 8.30. The Morgan fingerprint density at radius 2 is 1.95 bits per heavy atom. The normalized spacial score (nSPS) is 15.2. The van der Waals surface area contributed by atoms with E-state index in [1.54, 1.807) is 0 Å². The molecule has 0 aromatic heterocycles. The Morgan fingerprint density at radius 3 is 2.43 bits per heavy atom. The minimum atomic E-state index is -0.567. The highest BCUT2D eigenvalue weighted by Gasteiger charge is 2.29. The Labute approximate surface area is 126 Å². The Hall–Kier alpha value is -2.10. The summed E-state index contributed by atoms with van der Waals surface area (Å²) in [6.07, 6.45) is 5.57. The zero-order valence-electron chi connectivity index (χ0n) is 13.3. The number of nitrogens with zero attached hydrogens (tertiary/aromatic N) is 1. The van der Waals surface area contributed by atoms with Crippen molar-refractivity contribution in [3.05, 3.63) is 56.0 Å². The first-order valence-electron chi connectivity index (χ1n) is 7.40. The number of nitrogens with two attached hydrogens (primary N) is 1. The summed E-state index contributed by atoms with van der Waals surface area (Å²) in [5.74, 6) is 0. The van der Waals surface area contributed by atoms with E-state index in [0.717, 1.165) is 24.1 Å². The van der Waals surface area contributed by atoms with Crippen LogP contribution in [0.3, 0.4) is 0 Å². The molecule has 1 aliphatic rings. The number of allylic oxidation sites excluding steroid dienone is 3. The lowest BCUT2D eigenvalue weighted by molar-refractivity contribution is 0.955. The van der Waals surface area contributed by atoms with Gasteiger partial charge in [0.25, 0.3) is 10.9 Å². The molecule has 1 heterocycles. The van der Waals surface area contributed by atoms with Crippen LogP contribution < -0.4 is 21.5 Å². The van der Waals surface area contributed by atoms with E-state index in [0.29, 0.717) is 12.2 Å².